The van der Waals surface area contributed by atoms with E-state index in [1.54, 1.807) is 6.26 Å². The van der Waals surface area contributed by atoms with Crippen LogP contribution in [0.5, 0.6) is 0 Å². The van der Waals surface area contributed by atoms with E-state index in [2.05, 4.69) is 0 Å². The topological polar surface area (TPSA) is 76.9 Å². The van der Waals surface area contributed by atoms with Crippen LogP contribution in [0.4, 0.5) is 9.59 Å². The van der Waals surface area contributed by atoms with Crippen LogP contribution >= 0.6 is 11.9 Å². The summed E-state index contributed by atoms with van der Waals surface area (Å²) in [6, 6.07) is -1.65. The number of urea groups is 2. The molecule has 0 unspecified atom stereocenters. The zero-order valence-electron chi connectivity index (χ0n) is 12.1. The third-order valence-corrected chi connectivity index (χ3v) is 3.09. The number of methoxy groups -OCH3 is 1. The summed E-state index contributed by atoms with van der Waals surface area (Å²) in [6.45, 7) is 2.54. The van der Waals surface area contributed by atoms with Crippen molar-refractivity contribution in [2.24, 2.45) is 0 Å². The molecule has 0 aliphatic carbocycles. The fourth-order valence-electron chi connectivity index (χ4n) is 1.23. The van der Waals surface area contributed by atoms with Crippen LogP contribution in [0.2, 0.25) is 0 Å². The molecule has 8 heteroatoms. The predicted molar refractivity (Wildman–Crippen MR) is 76.2 cm³/mol. The van der Waals surface area contributed by atoms with Crippen LogP contribution in [0, 0.1) is 5.41 Å². The number of carbonyl (C=O) groups is 2. The SMILES string of the molecule is CCCCN(SC)C(=O)N(C(=N)OC)C(=O)N(C)C. The summed E-state index contributed by atoms with van der Waals surface area (Å²) in [4.78, 5) is 26.2. The zero-order valence-corrected chi connectivity index (χ0v) is 12.9. The number of rotatable bonds is 4. The van der Waals surface area contributed by atoms with E-state index < -0.39 is 18.1 Å². The predicted octanol–water partition coefficient (Wildman–Crippen LogP) is 2.05. The van der Waals surface area contributed by atoms with Crippen molar-refractivity contribution in [1.82, 2.24) is 14.1 Å². The molecule has 0 aromatic carbocycles. The Morgan fingerprint density at radius 3 is 2.21 bits per heavy atom. The second-order valence-corrected chi connectivity index (χ2v) is 4.75. The Bertz CT molecular complexity index is 336. The molecule has 0 fully saturated rings. The second-order valence-electron chi connectivity index (χ2n) is 3.94. The van der Waals surface area contributed by atoms with Crippen molar-refractivity contribution >= 4 is 30.0 Å². The normalized spacial score (nSPS) is 9.74. The van der Waals surface area contributed by atoms with Gasteiger partial charge in [0.15, 0.2) is 0 Å². The van der Waals surface area contributed by atoms with Crippen LogP contribution < -0.4 is 0 Å². The fourth-order valence-corrected chi connectivity index (χ4v) is 1.77. The minimum atomic E-state index is -0.604. The number of amides is 4. The van der Waals surface area contributed by atoms with Crippen LogP contribution in [0.1, 0.15) is 19.8 Å². The maximum atomic E-state index is 12.3. The standard InChI is InChI=1S/C11H22N4O3S/c1-6-7-8-14(19-5)11(17)15(9(12)18-4)10(16)13(2)3/h12H,6-8H2,1-5H3. The van der Waals surface area contributed by atoms with Gasteiger partial charge in [0.2, 0.25) is 0 Å². The molecule has 4 amide bonds. The molecule has 0 saturated heterocycles. The van der Waals surface area contributed by atoms with E-state index in [1.807, 2.05) is 6.92 Å². The summed E-state index contributed by atoms with van der Waals surface area (Å²) in [5.74, 6) is 0. The summed E-state index contributed by atoms with van der Waals surface area (Å²) >= 11 is 1.22. The van der Waals surface area contributed by atoms with Crippen molar-refractivity contribution in [2.45, 2.75) is 19.8 Å². The number of hydrogen-bond acceptors (Lipinski definition) is 5. The number of imide groups is 1. The largest absolute Gasteiger partial charge is 0.468 e. The van der Waals surface area contributed by atoms with Gasteiger partial charge in [0, 0.05) is 26.9 Å². The lowest BCUT2D eigenvalue weighted by atomic mass is 10.3. The van der Waals surface area contributed by atoms with Gasteiger partial charge in [0.05, 0.1) is 7.11 Å². The molecule has 0 spiro atoms. The van der Waals surface area contributed by atoms with Gasteiger partial charge in [-0.15, -0.1) is 0 Å². The first-order chi connectivity index (χ1) is 8.90. The highest BCUT2D eigenvalue weighted by molar-refractivity contribution is 7.96. The van der Waals surface area contributed by atoms with Gasteiger partial charge in [-0.3, -0.25) is 9.71 Å². The molecule has 0 bridgehead atoms. The minimum absolute atomic E-state index is 0.487. The van der Waals surface area contributed by atoms with Crippen molar-refractivity contribution in [3.05, 3.63) is 0 Å². The first-order valence-corrected chi connectivity index (χ1v) is 7.08. The summed E-state index contributed by atoms with van der Waals surface area (Å²) in [5, 5.41) is 7.59. The Labute approximate surface area is 118 Å². The molecule has 0 saturated carbocycles. The van der Waals surface area contributed by atoms with Gasteiger partial charge in [0.1, 0.15) is 0 Å². The molecule has 0 atom stereocenters. The number of carbonyl (C=O) groups excluding carboxylic acids is 2. The Kier molecular flexibility index (Phi) is 7.97. The molecule has 0 heterocycles. The lowest BCUT2D eigenvalue weighted by molar-refractivity contribution is 0.169. The number of nitrogens with zero attached hydrogens (tertiary/aromatic N) is 3. The maximum absolute atomic E-state index is 12.3. The first kappa shape index (κ1) is 17.6. The number of ether oxygens (including phenoxy) is 1. The van der Waals surface area contributed by atoms with Gasteiger partial charge in [-0.1, -0.05) is 13.3 Å². The summed E-state index contributed by atoms with van der Waals surface area (Å²) in [7, 11) is 4.28. The Morgan fingerprint density at radius 2 is 1.84 bits per heavy atom. The lowest BCUT2D eigenvalue weighted by Gasteiger charge is -2.28. The molecule has 110 valence electrons. The molecule has 19 heavy (non-hydrogen) atoms. The quantitative estimate of drug-likeness (QED) is 0.488. The van der Waals surface area contributed by atoms with Gasteiger partial charge in [-0.05, 0) is 18.4 Å². The third kappa shape index (κ3) is 4.98. The molecular formula is C11H22N4O3S. The molecule has 0 aliphatic rings. The number of hydrogen-bond donors (Lipinski definition) is 1. The lowest BCUT2D eigenvalue weighted by Crippen LogP contribution is -2.51. The van der Waals surface area contributed by atoms with E-state index in [0.717, 1.165) is 12.8 Å². The van der Waals surface area contributed by atoms with Crippen LogP contribution in [-0.2, 0) is 4.74 Å². The molecule has 1 N–H and O–H groups in total. The van der Waals surface area contributed by atoms with Crippen molar-refractivity contribution in [1.29, 1.82) is 5.41 Å². The second kappa shape index (κ2) is 8.63. The van der Waals surface area contributed by atoms with Gasteiger partial charge < -0.3 is 9.64 Å². The molecule has 7 nitrogen and oxygen atoms in total. The third-order valence-electron chi connectivity index (χ3n) is 2.31. The average molecular weight is 290 g/mol. The van der Waals surface area contributed by atoms with E-state index in [9.17, 15) is 9.59 Å². The first-order valence-electron chi connectivity index (χ1n) is 5.90. The Morgan fingerprint density at radius 1 is 1.26 bits per heavy atom. The molecule has 0 aromatic heterocycles. The van der Waals surface area contributed by atoms with Crippen LogP contribution in [0.3, 0.4) is 0 Å². The average Bonchev–Trinajstić information content (AvgIpc) is 2.39. The van der Waals surface area contributed by atoms with E-state index in [1.165, 1.54) is 42.4 Å². The van der Waals surface area contributed by atoms with E-state index >= 15 is 0 Å². The minimum Gasteiger partial charge on any atom is -0.468 e. The summed E-state index contributed by atoms with van der Waals surface area (Å²) in [6.07, 6.45) is 3.52. The van der Waals surface area contributed by atoms with Crippen molar-refractivity contribution in [3.8, 4) is 0 Å². The molecular weight excluding hydrogens is 268 g/mol. The Balaban J connectivity index is 5.08. The van der Waals surface area contributed by atoms with Crippen molar-refractivity contribution < 1.29 is 14.3 Å². The fraction of sp³-hybridized carbons (Fsp3) is 0.727. The van der Waals surface area contributed by atoms with Crippen molar-refractivity contribution in [3.63, 3.8) is 0 Å². The van der Waals surface area contributed by atoms with Crippen LogP contribution in [0.15, 0.2) is 0 Å². The van der Waals surface area contributed by atoms with E-state index in [-0.39, 0.29) is 0 Å². The van der Waals surface area contributed by atoms with Crippen LogP contribution in [-0.4, -0.2) is 66.2 Å². The van der Waals surface area contributed by atoms with Crippen LogP contribution in [0.25, 0.3) is 0 Å². The van der Waals surface area contributed by atoms with Gasteiger partial charge in [-0.2, -0.15) is 4.90 Å². The molecule has 0 aliphatic heterocycles. The molecule has 0 radical (unpaired) electrons. The number of nitrogens with one attached hydrogen (secondary N) is 1. The van der Waals surface area contributed by atoms with Gasteiger partial charge in [-0.25, -0.2) is 9.59 Å². The maximum Gasteiger partial charge on any atom is 0.346 e. The summed E-state index contributed by atoms with van der Waals surface area (Å²) in [5.41, 5.74) is 0. The Hall–Kier alpha value is -1.44. The number of unbranched alkanes of at least 4 members (excludes halogenated alkanes) is 1. The van der Waals surface area contributed by atoms with E-state index in [0.29, 0.717) is 11.4 Å². The highest BCUT2D eigenvalue weighted by Gasteiger charge is 2.32. The molecule has 0 aromatic rings. The highest BCUT2D eigenvalue weighted by atomic mass is 32.2. The monoisotopic (exact) mass is 290 g/mol. The van der Waals surface area contributed by atoms with E-state index in [4.69, 9.17) is 10.1 Å². The van der Waals surface area contributed by atoms with Gasteiger partial charge in [0.25, 0.3) is 0 Å². The zero-order chi connectivity index (χ0) is 15.0. The summed E-state index contributed by atoms with van der Waals surface area (Å²) < 4.78 is 6.15. The number of amidine groups is 1. The molecule has 0 rings (SSSR count). The van der Waals surface area contributed by atoms with Gasteiger partial charge >= 0.3 is 18.1 Å². The highest BCUT2D eigenvalue weighted by Crippen LogP contribution is 2.13. The van der Waals surface area contributed by atoms with Crippen molar-refractivity contribution in [2.75, 3.05) is 34.0 Å². The smallest absolute Gasteiger partial charge is 0.346 e.